The minimum absolute atomic E-state index is 0.0718. The molecule has 1 amide bonds. The van der Waals surface area contributed by atoms with E-state index in [1.807, 2.05) is 24.3 Å². The van der Waals surface area contributed by atoms with Crippen LogP contribution in [-0.4, -0.2) is 40.3 Å². The van der Waals surface area contributed by atoms with Gasteiger partial charge in [0, 0.05) is 18.7 Å². The molecule has 1 fully saturated rings. The fraction of sp³-hybridized carbons (Fsp3) is 0.263. The normalized spacial score (nSPS) is 18.2. The lowest BCUT2D eigenvalue weighted by Crippen LogP contribution is -2.46. The highest BCUT2D eigenvalue weighted by molar-refractivity contribution is 6.06. The van der Waals surface area contributed by atoms with Crippen LogP contribution in [0.25, 0.3) is 11.0 Å². The summed E-state index contributed by atoms with van der Waals surface area (Å²) in [6.45, 7) is 1.97. The molecule has 0 atom stereocenters. The molecule has 5 rings (SSSR count). The smallest absolute Gasteiger partial charge is 0.260 e. The molecule has 0 spiro atoms. The Bertz CT molecular complexity index is 973. The second kappa shape index (κ2) is 5.15. The first kappa shape index (κ1) is 14.6. The number of nitrogens with zero attached hydrogens (tertiary/aromatic N) is 3. The maximum Gasteiger partial charge on any atom is 0.260 e. The molecule has 6 heteroatoms. The Morgan fingerprint density at radius 3 is 2.56 bits per heavy atom. The fourth-order valence-corrected chi connectivity index (χ4v) is 3.52. The number of hydrogen-bond acceptors (Lipinski definition) is 4. The Morgan fingerprint density at radius 2 is 1.84 bits per heavy atom. The van der Waals surface area contributed by atoms with Crippen LogP contribution in [-0.2, 0) is 16.9 Å². The van der Waals surface area contributed by atoms with Gasteiger partial charge in [0.25, 0.3) is 5.91 Å². The molecule has 1 N–H and O–H groups in total. The van der Waals surface area contributed by atoms with Gasteiger partial charge in [-0.05, 0) is 29.8 Å². The molecule has 126 valence electrons. The van der Waals surface area contributed by atoms with E-state index in [2.05, 4.69) is 9.55 Å². The summed E-state index contributed by atoms with van der Waals surface area (Å²) in [6, 6.07) is 15.0. The van der Waals surface area contributed by atoms with Gasteiger partial charge in [-0.3, -0.25) is 9.69 Å². The summed E-state index contributed by atoms with van der Waals surface area (Å²) >= 11 is 0. The maximum absolute atomic E-state index is 12.9. The van der Waals surface area contributed by atoms with Crippen molar-refractivity contribution in [1.82, 2.24) is 9.55 Å². The number of ether oxygens (including phenoxy) is 1. The van der Waals surface area contributed by atoms with Crippen molar-refractivity contribution in [2.24, 2.45) is 0 Å². The second-order valence-electron chi connectivity index (χ2n) is 6.61. The van der Waals surface area contributed by atoms with E-state index >= 15 is 0 Å². The molecule has 3 aromatic rings. The van der Waals surface area contributed by atoms with Crippen molar-refractivity contribution in [2.75, 3.05) is 24.7 Å². The Balaban J connectivity index is 1.46. The molecule has 25 heavy (non-hydrogen) atoms. The van der Waals surface area contributed by atoms with E-state index in [0.29, 0.717) is 31.3 Å². The third kappa shape index (κ3) is 2.11. The third-order valence-electron chi connectivity index (χ3n) is 5.02. The summed E-state index contributed by atoms with van der Waals surface area (Å²) in [5.74, 6) is 0.624. The highest BCUT2D eigenvalue weighted by Crippen LogP contribution is 2.31. The number of benzene rings is 2. The molecule has 6 nitrogen and oxygen atoms in total. The standard InChI is InChI=1S/C19H17N3O3/c23-17(13-5-7-14(8-6-13)19(24)11-25-12-19)22-10-9-21-16-4-2-1-3-15(16)20-18(21)22/h1-8,24H,9-12H2. The van der Waals surface area contributed by atoms with Crippen LogP contribution in [0.15, 0.2) is 48.5 Å². The minimum atomic E-state index is -0.913. The van der Waals surface area contributed by atoms with Gasteiger partial charge < -0.3 is 14.4 Å². The molecule has 1 aromatic heterocycles. The fourth-order valence-electron chi connectivity index (χ4n) is 3.52. The monoisotopic (exact) mass is 335 g/mol. The number of aliphatic hydroxyl groups is 1. The van der Waals surface area contributed by atoms with Crippen molar-refractivity contribution in [3.05, 3.63) is 59.7 Å². The summed E-state index contributed by atoms with van der Waals surface area (Å²) in [4.78, 5) is 19.2. The van der Waals surface area contributed by atoms with Crippen LogP contribution < -0.4 is 4.90 Å². The number of hydrogen-bond donors (Lipinski definition) is 1. The van der Waals surface area contributed by atoms with Crippen molar-refractivity contribution in [1.29, 1.82) is 0 Å². The van der Waals surface area contributed by atoms with E-state index in [4.69, 9.17) is 4.74 Å². The van der Waals surface area contributed by atoms with Crippen molar-refractivity contribution < 1.29 is 14.6 Å². The van der Waals surface area contributed by atoms with Crippen molar-refractivity contribution >= 4 is 22.9 Å². The lowest BCUT2D eigenvalue weighted by Gasteiger charge is -2.36. The average Bonchev–Trinajstić information content (AvgIpc) is 3.18. The summed E-state index contributed by atoms with van der Waals surface area (Å²) in [7, 11) is 0. The van der Waals surface area contributed by atoms with Crippen LogP contribution >= 0.6 is 0 Å². The largest absolute Gasteiger partial charge is 0.380 e. The Labute approximate surface area is 144 Å². The lowest BCUT2D eigenvalue weighted by atomic mass is 9.91. The van der Waals surface area contributed by atoms with Gasteiger partial charge in [-0.25, -0.2) is 4.98 Å². The molecule has 0 aliphatic carbocycles. The first-order chi connectivity index (χ1) is 12.2. The highest BCUT2D eigenvalue weighted by Gasteiger charge is 2.38. The van der Waals surface area contributed by atoms with Gasteiger partial charge in [-0.1, -0.05) is 24.3 Å². The number of para-hydroxylation sites is 2. The summed E-state index contributed by atoms with van der Waals surface area (Å²) in [6.07, 6.45) is 0. The van der Waals surface area contributed by atoms with E-state index in [-0.39, 0.29) is 5.91 Å². The molecule has 2 aliphatic rings. The van der Waals surface area contributed by atoms with Crippen LogP contribution in [0.2, 0.25) is 0 Å². The Hall–Kier alpha value is -2.70. The summed E-state index contributed by atoms with van der Waals surface area (Å²) in [5.41, 5.74) is 2.41. The SMILES string of the molecule is O=C(c1ccc(C2(O)COC2)cc1)N1CCn2c1nc1ccccc12. The van der Waals surface area contributed by atoms with E-state index in [0.717, 1.165) is 23.1 Å². The second-order valence-corrected chi connectivity index (χ2v) is 6.61. The maximum atomic E-state index is 12.9. The molecule has 0 unspecified atom stereocenters. The first-order valence-corrected chi connectivity index (χ1v) is 8.34. The predicted octanol–water partition coefficient (Wildman–Crippen LogP) is 1.91. The number of carbonyl (C=O) groups is 1. The van der Waals surface area contributed by atoms with Gasteiger partial charge in [0.15, 0.2) is 0 Å². The van der Waals surface area contributed by atoms with Crippen LogP contribution in [0.1, 0.15) is 15.9 Å². The molecule has 1 saturated heterocycles. The average molecular weight is 335 g/mol. The number of fused-ring (bicyclic) bond motifs is 3. The van der Waals surface area contributed by atoms with E-state index in [1.54, 1.807) is 29.2 Å². The number of rotatable bonds is 2. The summed E-state index contributed by atoms with van der Waals surface area (Å²) in [5, 5.41) is 10.3. The molecular weight excluding hydrogens is 318 g/mol. The van der Waals surface area contributed by atoms with Gasteiger partial charge >= 0.3 is 0 Å². The van der Waals surface area contributed by atoms with Crippen molar-refractivity contribution in [2.45, 2.75) is 12.1 Å². The van der Waals surface area contributed by atoms with Gasteiger partial charge in [0.1, 0.15) is 5.60 Å². The first-order valence-electron chi connectivity index (χ1n) is 8.34. The Kier molecular flexibility index (Phi) is 3.01. The third-order valence-corrected chi connectivity index (χ3v) is 5.02. The molecule has 2 aliphatic heterocycles. The van der Waals surface area contributed by atoms with Crippen molar-refractivity contribution in [3.63, 3.8) is 0 Å². The van der Waals surface area contributed by atoms with E-state index in [9.17, 15) is 9.90 Å². The predicted molar refractivity (Wildman–Crippen MR) is 92.6 cm³/mol. The number of carbonyl (C=O) groups excluding carboxylic acids is 1. The quantitative estimate of drug-likeness (QED) is 0.777. The van der Waals surface area contributed by atoms with Crippen LogP contribution in [0.3, 0.4) is 0 Å². The van der Waals surface area contributed by atoms with Crippen molar-refractivity contribution in [3.8, 4) is 0 Å². The summed E-state index contributed by atoms with van der Waals surface area (Å²) < 4.78 is 7.16. The van der Waals surface area contributed by atoms with Crippen LogP contribution in [0.4, 0.5) is 5.95 Å². The lowest BCUT2D eigenvalue weighted by molar-refractivity contribution is -0.184. The highest BCUT2D eigenvalue weighted by atomic mass is 16.5. The molecular formula is C19H17N3O3. The van der Waals surface area contributed by atoms with Gasteiger partial charge in [-0.15, -0.1) is 0 Å². The topological polar surface area (TPSA) is 67.6 Å². The molecule has 0 saturated carbocycles. The zero-order valence-corrected chi connectivity index (χ0v) is 13.6. The minimum Gasteiger partial charge on any atom is -0.380 e. The molecule has 0 radical (unpaired) electrons. The number of aromatic nitrogens is 2. The van der Waals surface area contributed by atoms with Crippen LogP contribution in [0.5, 0.6) is 0 Å². The van der Waals surface area contributed by atoms with E-state index < -0.39 is 5.60 Å². The molecule has 3 heterocycles. The van der Waals surface area contributed by atoms with Gasteiger partial charge in [0.2, 0.25) is 5.95 Å². The van der Waals surface area contributed by atoms with Crippen LogP contribution in [0, 0.1) is 0 Å². The number of amides is 1. The van der Waals surface area contributed by atoms with E-state index in [1.165, 1.54) is 0 Å². The zero-order chi connectivity index (χ0) is 17.0. The molecule has 2 aromatic carbocycles. The Morgan fingerprint density at radius 1 is 1.08 bits per heavy atom. The zero-order valence-electron chi connectivity index (χ0n) is 13.6. The number of imidazole rings is 1. The molecule has 0 bridgehead atoms. The van der Waals surface area contributed by atoms with Gasteiger partial charge in [-0.2, -0.15) is 0 Å². The van der Waals surface area contributed by atoms with Gasteiger partial charge in [0.05, 0.1) is 24.2 Å². The number of anilines is 1.